The summed E-state index contributed by atoms with van der Waals surface area (Å²) in [5, 5.41) is 7.87. The van der Waals surface area contributed by atoms with E-state index < -0.39 is 0 Å². The molecule has 15 heavy (non-hydrogen) atoms. The highest BCUT2D eigenvalue weighted by molar-refractivity contribution is 7.99. The van der Waals surface area contributed by atoms with Crippen LogP contribution in [0.15, 0.2) is 12.4 Å². The fourth-order valence-electron chi connectivity index (χ4n) is 1.87. The minimum atomic E-state index is 0.723. The maximum Gasteiger partial charge on any atom is 0.0534 e. The maximum atomic E-state index is 4.27. The topological polar surface area (TPSA) is 29.9 Å². The van der Waals surface area contributed by atoms with Crippen molar-refractivity contribution in [3.05, 3.63) is 18.0 Å². The quantitative estimate of drug-likeness (QED) is 0.845. The largest absolute Gasteiger partial charge is 0.311 e. The first kappa shape index (κ1) is 11.0. The number of aromatic nitrogens is 2. The third-order valence-corrected chi connectivity index (χ3v) is 3.91. The Hall–Kier alpha value is -0.480. The number of aryl methyl sites for hydroxylation is 1. The summed E-state index contributed by atoms with van der Waals surface area (Å²) in [6, 6.07) is 0.723. The Bertz CT molecular complexity index is 292. The molecule has 1 saturated heterocycles. The molecule has 1 aromatic rings. The van der Waals surface area contributed by atoms with Crippen LogP contribution in [0, 0.1) is 6.92 Å². The summed E-state index contributed by atoms with van der Waals surface area (Å²) in [5.74, 6) is 2.62. The van der Waals surface area contributed by atoms with Crippen LogP contribution < -0.4 is 5.32 Å². The van der Waals surface area contributed by atoms with E-state index in [1.165, 1.54) is 29.9 Å². The van der Waals surface area contributed by atoms with Gasteiger partial charge in [0.25, 0.3) is 0 Å². The summed E-state index contributed by atoms with van der Waals surface area (Å²) in [5.41, 5.74) is 1.24. The lowest BCUT2D eigenvalue weighted by atomic mass is 10.2. The fraction of sp³-hybridized carbons (Fsp3) is 0.727. The molecule has 84 valence electrons. The molecule has 0 aromatic carbocycles. The van der Waals surface area contributed by atoms with Crippen LogP contribution in [-0.2, 0) is 6.54 Å². The summed E-state index contributed by atoms with van der Waals surface area (Å²) < 4.78 is 2.01. The Kier molecular flexibility index (Phi) is 4.09. The van der Waals surface area contributed by atoms with Gasteiger partial charge in [0.2, 0.25) is 0 Å². The number of thioether (sulfide) groups is 1. The van der Waals surface area contributed by atoms with Crippen molar-refractivity contribution in [3.63, 3.8) is 0 Å². The molecule has 2 rings (SSSR count). The lowest BCUT2D eigenvalue weighted by molar-refractivity contribution is 0.472. The molecule has 4 heteroatoms. The van der Waals surface area contributed by atoms with Crippen LogP contribution in [0.1, 0.15) is 18.4 Å². The van der Waals surface area contributed by atoms with Gasteiger partial charge in [-0.15, -0.1) is 0 Å². The molecule has 1 fully saturated rings. The van der Waals surface area contributed by atoms with E-state index in [4.69, 9.17) is 0 Å². The predicted octanol–water partition coefficient (Wildman–Crippen LogP) is 1.68. The fourth-order valence-corrected chi connectivity index (χ4v) is 2.98. The highest BCUT2D eigenvalue weighted by Gasteiger charge is 2.12. The first-order valence-corrected chi connectivity index (χ1v) is 6.80. The first-order valence-electron chi connectivity index (χ1n) is 5.65. The van der Waals surface area contributed by atoms with E-state index in [1.54, 1.807) is 0 Å². The molecule has 1 aliphatic rings. The van der Waals surface area contributed by atoms with Gasteiger partial charge in [-0.2, -0.15) is 16.9 Å². The minimum absolute atomic E-state index is 0.723. The van der Waals surface area contributed by atoms with E-state index in [9.17, 15) is 0 Å². The van der Waals surface area contributed by atoms with Gasteiger partial charge in [0.15, 0.2) is 0 Å². The van der Waals surface area contributed by atoms with E-state index >= 15 is 0 Å². The summed E-state index contributed by atoms with van der Waals surface area (Å²) in [4.78, 5) is 0. The molecule has 1 N–H and O–H groups in total. The molecule has 0 aliphatic carbocycles. The van der Waals surface area contributed by atoms with Crippen LogP contribution in [-0.4, -0.2) is 33.9 Å². The zero-order chi connectivity index (χ0) is 10.5. The number of hydrogen-bond acceptors (Lipinski definition) is 3. The van der Waals surface area contributed by atoms with Crippen molar-refractivity contribution in [2.24, 2.45) is 0 Å². The van der Waals surface area contributed by atoms with E-state index in [-0.39, 0.29) is 0 Å². The van der Waals surface area contributed by atoms with Crippen LogP contribution in [0.25, 0.3) is 0 Å². The van der Waals surface area contributed by atoms with Gasteiger partial charge in [0.1, 0.15) is 0 Å². The molecular weight excluding hydrogens is 206 g/mol. The zero-order valence-electron chi connectivity index (χ0n) is 9.28. The molecule has 1 atom stereocenters. The summed E-state index contributed by atoms with van der Waals surface area (Å²) >= 11 is 2.07. The lowest BCUT2D eigenvalue weighted by Crippen LogP contribution is -2.35. The minimum Gasteiger partial charge on any atom is -0.311 e. The molecule has 3 nitrogen and oxygen atoms in total. The van der Waals surface area contributed by atoms with Crippen LogP contribution in [0.2, 0.25) is 0 Å². The van der Waals surface area contributed by atoms with Crippen molar-refractivity contribution in [1.29, 1.82) is 0 Å². The van der Waals surface area contributed by atoms with Crippen molar-refractivity contribution in [3.8, 4) is 0 Å². The Labute approximate surface area is 95.6 Å². The van der Waals surface area contributed by atoms with Crippen molar-refractivity contribution in [1.82, 2.24) is 15.1 Å². The van der Waals surface area contributed by atoms with Crippen molar-refractivity contribution in [2.75, 3.05) is 18.1 Å². The first-order chi connectivity index (χ1) is 7.34. The highest BCUT2D eigenvalue weighted by atomic mass is 32.2. The molecule has 0 amide bonds. The molecule has 0 bridgehead atoms. The standard InChI is InChI=1S/C11H19N3S/c1-10-7-13-14(8-10)5-4-12-11-3-2-6-15-9-11/h7-8,11-12H,2-6,9H2,1H3. The zero-order valence-corrected chi connectivity index (χ0v) is 10.1. The third kappa shape index (κ3) is 3.54. The molecule has 1 unspecified atom stereocenters. The third-order valence-electron chi connectivity index (χ3n) is 2.70. The Morgan fingerprint density at radius 2 is 2.60 bits per heavy atom. The summed E-state index contributed by atoms with van der Waals surface area (Å²) in [7, 11) is 0. The molecule has 0 saturated carbocycles. The Morgan fingerprint density at radius 3 is 3.27 bits per heavy atom. The van der Waals surface area contributed by atoms with Gasteiger partial charge in [-0.3, -0.25) is 4.68 Å². The highest BCUT2D eigenvalue weighted by Crippen LogP contribution is 2.16. The molecule has 1 aliphatic heterocycles. The van der Waals surface area contributed by atoms with Gasteiger partial charge in [-0.1, -0.05) is 0 Å². The summed E-state index contributed by atoms with van der Waals surface area (Å²) in [6.07, 6.45) is 6.71. The Balaban J connectivity index is 1.65. The van der Waals surface area contributed by atoms with Crippen molar-refractivity contribution >= 4 is 11.8 Å². The van der Waals surface area contributed by atoms with E-state index in [1.807, 2.05) is 10.9 Å². The number of nitrogens with one attached hydrogen (secondary N) is 1. The van der Waals surface area contributed by atoms with E-state index in [2.05, 4.69) is 35.3 Å². The smallest absolute Gasteiger partial charge is 0.0534 e. The van der Waals surface area contributed by atoms with Crippen molar-refractivity contribution in [2.45, 2.75) is 32.4 Å². The average Bonchev–Trinajstić information content (AvgIpc) is 2.66. The monoisotopic (exact) mass is 225 g/mol. The lowest BCUT2D eigenvalue weighted by Gasteiger charge is -2.22. The predicted molar refractivity (Wildman–Crippen MR) is 65.3 cm³/mol. The summed E-state index contributed by atoms with van der Waals surface area (Å²) in [6.45, 7) is 4.09. The number of nitrogens with zero attached hydrogens (tertiary/aromatic N) is 2. The maximum absolute atomic E-state index is 4.27. The molecule has 1 aromatic heterocycles. The molecule has 0 spiro atoms. The average molecular weight is 225 g/mol. The van der Waals surface area contributed by atoms with Gasteiger partial charge in [0.05, 0.1) is 12.7 Å². The van der Waals surface area contributed by atoms with Gasteiger partial charge in [-0.05, 0) is 31.1 Å². The van der Waals surface area contributed by atoms with Gasteiger partial charge in [-0.25, -0.2) is 0 Å². The van der Waals surface area contributed by atoms with Crippen LogP contribution in [0.3, 0.4) is 0 Å². The number of hydrogen-bond donors (Lipinski definition) is 1. The van der Waals surface area contributed by atoms with Crippen molar-refractivity contribution < 1.29 is 0 Å². The molecule has 2 heterocycles. The van der Waals surface area contributed by atoms with Crippen LogP contribution in [0.4, 0.5) is 0 Å². The van der Waals surface area contributed by atoms with Gasteiger partial charge < -0.3 is 5.32 Å². The van der Waals surface area contributed by atoms with E-state index in [0.717, 1.165) is 19.1 Å². The second-order valence-corrected chi connectivity index (χ2v) is 5.30. The second-order valence-electron chi connectivity index (χ2n) is 4.15. The second kappa shape index (κ2) is 5.56. The van der Waals surface area contributed by atoms with Gasteiger partial charge >= 0.3 is 0 Å². The molecule has 0 radical (unpaired) electrons. The molecular formula is C11H19N3S. The van der Waals surface area contributed by atoms with Crippen LogP contribution in [0.5, 0.6) is 0 Å². The number of rotatable bonds is 4. The Morgan fingerprint density at radius 1 is 1.67 bits per heavy atom. The normalized spacial score (nSPS) is 21.8. The SMILES string of the molecule is Cc1cnn(CCNC2CCCSC2)c1. The van der Waals surface area contributed by atoms with E-state index in [0.29, 0.717) is 0 Å². The van der Waals surface area contributed by atoms with Crippen LogP contribution >= 0.6 is 11.8 Å². The van der Waals surface area contributed by atoms with Gasteiger partial charge in [0, 0.05) is 24.5 Å².